The molecule has 2 aromatic carbocycles. The molecule has 0 saturated heterocycles. The second-order valence-electron chi connectivity index (χ2n) is 13.9. The number of rotatable bonds is 5. The lowest BCUT2D eigenvalue weighted by atomic mass is 9.71. The van der Waals surface area contributed by atoms with Gasteiger partial charge in [0.15, 0.2) is 5.65 Å². The first-order valence-corrected chi connectivity index (χ1v) is 15.6. The van der Waals surface area contributed by atoms with Gasteiger partial charge >= 0.3 is 12.2 Å². The Morgan fingerprint density at radius 1 is 0.870 bits per heavy atom. The quantitative estimate of drug-likeness (QED) is 0.212. The number of benzene rings is 2. The van der Waals surface area contributed by atoms with Gasteiger partial charge in [-0.2, -0.15) is 14.9 Å². The second-order valence-corrected chi connectivity index (χ2v) is 13.9. The molecule has 1 aliphatic carbocycles. The molecule has 1 amide bonds. The van der Waals surface area contributed by atoms with Gasteiger partial charge in [0.1, 0.15) is 11.2 Å². The minimum Gasteiger partial charge on any atom is -0.444 e. The molecule has 0 radical (unpaired) electrons. The van der Waals surface area contributed by atoms with E-state index < -0.39 is 28.9 Å². The number of hydrogen-bond acceptors (Lipinski definition) is 7. The number of carbonyl (C=O) groups excluding carboxylic acids is 2. The highest BCUT2D eigenvalue weighted by atomic mass is 16.6. The van der Waals surface area contributed by atoms with Crippen LogP contribution in [0, 0.1) is 6.92 Å². The SMILES string of the molecule is Cc1nc2cc(-c3ccccc3)c(-c3ccc(C4(NC(=O)OC(C)(C)C)CCC4)cc3)nn2c1-c1cnn(C(=O)OC(C)(C)C)c1. The number of ether oxygens (including phenoxy) is 2. The van der Waals surface area contributed by atoms with E-state index in [9.17, 15) is 9.59 Å². The van der Waals surface area contributed by atoms with Crippen molar-refractivity contribution in [1.29, 1.82) is 0 Å². The van der Waals surface area contributed by atoms with Crippen LogP contribution in [0.25, 0.3) is 39.3 Å². The molecule has 238 valence electrons. The maximum absolute atomic E-state index is 12.7. The third kappa shape index (κ3) is 6.24. The van der Waals surface area contributed by atoms with Gasteiger partial charge in [0.25, 0.3) is 0 Å². The summed E-state index contributed by atoms with van der Waals surface area (Å²) in [5, 5.41) is 12.6. The van der Waals surface area contributed by atoms with Gasteiger partial charge in [-0.25, -0.2) is 19.1 Å². The van der Waals surface area contributed by atoms with Crippen LogP contribution in [-0.2, 0) is 15.0 Å². The molecule has 0 unspecified atom stereocenters. The first-order chi connectivity index (χ1) is 21.7. The van der Waals surface area contributed by atoms with Crippen molar-refractivity contribution in [3.63, 3.8) is 0 Å². The zero-order chi connectivity index (χ0) is 32.9. The molecule has 3 aromatic heterocycles. The van der Waals surface area contributed by atoms with E-state index in [1.54, 1.807) is 16.9 Å². The van der Waals surface area contributed by atoms with Crippen LogP contribution in [0.15, 0.2) is 73.1 Å². The fourth-order valence-electron chi connectivity index (χ4n) is 5.78. The maximum Gasteiger partial charge on any atom is 0.435 e. The Labute approximate surface area is 268 Å². The van der Waals surface area contributed by atoms with Gasteiger partial charge in [0.2, 0.25) is 0 Å². The highest BCUT2D eigenvalue weighted by Gasteiger charge is 2.41. The van der Waals surface area contributed by atoms with Crippen LogP contribution < -0.4 is 5.32 Å². The van der Waals surface area contributed by atoms with E-state index in [4.69, 9.17) is 19.6 Å². The minimum absolute atomic E-state index is 0.409. The Balaban J connectivity index is 1.41. The average molecular weight is 621 g/mol. The molecule has 0 spiro atoms. The summed E-state index contributed by atoms with van der Waals surface area (Å²) in [6, 6.07) is 20.4. The molecule has 0 atom stereocenters. The Morgan fingerprint density at radius 2 is 1.54 bits per heavy atom. The molecule has 0 bridgehead atoms. The molecule has 46 heavy (non-hydrogen) atoms. The zero-order valence-corrected chi connectivity index (χ0v) is 27.4. The highest BCUT2D eigenvalue weighted by Crippen LogP contribution is 2.42. The monoisotopic (exact) mass is 620 g/mol. The average Bonchev–Trinajstić information content (AvgIpc) is 3.56. The third-order valence-electron chi connectivity index (χ3n) is 7.96. The van der Waals surface area contributed by atoms with Crippen molar-refractivity contribution in [3.05, 3.63) is 84.3 Å². The number of carbonyl (C=O) groups is 2. The van der Waals surface area contributed by atoms with Crippen molar-refractivity contribution >= 4 is 17.8 Å². The number of imidazole rings is 1. The van der Waals surface area contributed by atoms with Crippen LogP contribution in [0.2, 0.25) is 0 Å². The lowest BCUT2D eigenvalue weighted by Crippen LogP contribution is -2.52. The first-order valence-electron chi connectivity index (χ1n) is 15.6. The molecule has 1 N–H and O–H groups in total. The van der Waals surface area contributed by atoms with Crippen LogP contribution in [0.3, 0.4) is 0 Å². The Morgan fingerprint density at radius 3 is 2.15 bits per heavy atom. The number of hydrogen-bond donors (Lipinski definition) is 1. The predicted octanol–water partition coefficient (Wildman–Crippen LogP) is 7.92. The number of amides is 1. The molecule has 10 nitrogen and oxygen atoms in total. The Bertz CT molecular complexity index is 1910. The van der Waals surface area contributed by atoms with Gasteiger partial charge in [0, 0.05) is 22.9 Å². The number of nitrogens with zero attached hydrogens (tertiary/aromatic N) is 5. The van der Waals surface area contributed by atoms with Gasteiger partial charge in [-0.15, -0.1) is 0 Å². The minimum atomic E-state index is -0.646. The molecule has 6 rings (SSSR count). The van der Waals surface area contributed by atoms with Crippen LogP contribution in [0.1, 0.15) is 72.1 Å². The maximum atomic E-state index is 12.7. The summed E-state index contributed by atoms with van der Waals surface area (Å²) in [4.78, 5) is 30.2. The van der Waals surface area contributed by atoms with Crippen molar-refractivity contribution in [2.75, 3.05) is 0 Å². The molecule has 1 saturated carbocycles. The fourth-order valence-corrected chi connectivity index (χ4v) is 5.78. The molecule has 1 fully saturated rings. The molecule has 1 aliphatic rings. The van der Waals surface area contributed by atoms with Crippen molar-refractivity contribution < 1.29 is 19.1 Å². The van der Waals surface area contributed by atoms with Gasteiger partial charge in [0.05, 0.1) is 28.8 Å². The fraction of sp³-hybridized carbons (Fsp3) is 0.361. The van der Waals surface area contributed by atoms with Gasteiger partial charge < -0.3 is 14.8 Å². The molecule has 5 aromatic rings. The Kier molecular flexibility index (Phi) is 7.70. The number of fused-ring (bicyclic) bond motifs is 1. The molecular formula is C36H40N6O4. The summed E-state index contributed by atoms with van der Waals surface area (Å²) in [7, 11) is 0. The summed E-state index contributed by atoms with van der Waals surface area (Å²) in [6.45, 7) is 13.0. The smallest absolute Gasteiger partial charge is 0.435 e. The number of nitrogens with one attached hydrogen (secondary N) is 1. The van der Waals surface area contributed by atoms with Crippen LogP contribution in [-0.4, -0.2) is 47.8 Å². The van der Waals surface area contributed by atoms with Crippen LogP contribution in [0.5, 0.6) is 0 Å². The van der Waals surface area contributed by atoms with E-state index in [1.807, 2.05) is 72.7 Å². The largest absolute Gasteiger partial charge is 0.444 e. The summed E-state index contributed by atoms with van der Waals surface area (Å²) in [6.07, 6.45) is 5.02. The van der Waals surface area contributed by atoms with E-state index in [-0.39, 0.29) is 0 Å². The summed E-state index contributed by atoms with van der Waals surface area (Å²) in [5.74, 6) is 0. The van der Waals surface area contributed by atoms with E-state index in [0.717, 1.165) is 58.6 Å². The van der Waals surface area contributed by atoms with Crippen LogP contribution >= 0.6 is 0 Å². The molecule has 3 heterocycles. The number of aromatic nitrogens is 5. The topological polar surface area (TPSA) is 113 Å². The Hall–Kier alpha value is -4.99. The summed E-state index contributed by atoms with van der Waals surface area (Å²) < 4.78 is 14.1. The van der Waals surface area contributed by atoms with E-state index in [0.29, 0.717) is 11.2 Å². The second kappa shape index (κ2) is 11.4. The standard InChI is InChI=1S/C36H40N6O4/c1-23-31(26-21-37-41(22-26)33(44)46-35(5,6)7)42-29(38-23)20-28(24-12-9-8-10-13-24)30(40-42)25-14-16-27(17-15-25)36(18-11-19-36)39-32(43)45-34(2,3)4/h8-10,12-17,20-22H,11,18-19H2,1-7H3,(H,39,43). The van der Waals surface area contributed by atoms with Gasteiger partial charge in [-0.3, -0.25) is 0 Å². The van der Waals surface area contributed by atoms with Crippen molar-refractivity contribution in [1.82, 2.24) is 29.7 Å². The first kappa shape index (κ1) is 31.0. The van der Waals surface area contributed by atoms with Crippen molar-refractivity contribution in [3.8, 4) is 33.6 Å². The van der Waals surface area contributed by atoms with Crippen LogP contribution in [0.4, 0.5) is 9.59 Å². The normalized spacial score (nSPS) is 14.5. The summed E-state index contributed by atoms with van der Waals surface area (Å²) >= 11 is 0. The lowest BCUT2D eigenvalue weighted by Gasteiger charge is -2.43. The number of aryl methyl sites for hydroxylation is 1. The zero-order valence-electron chi connectivity index (χ0n) is 27.4. The van der Waals surface area contributed by atoms with Gasteiger partial charge in [-0.1, -0.05) is 54.6 Å². The lowest BCUT2D eigenvalue weighted by molar-refractivity contribution is 0.0376. The molecule has 10 heteroatoms. The molecule has 0 aliphatic heterocycles. The highest BCUT2D eigenvalue weighted by molar-refractivity contribution is 5.84. The molecular weight excluding hydrogens is 580 g/mol. The van der Waals surface area contributed by atoms with E-state index in [1.165, 1.54) is 4.68 Å². The number of alkyl carbamates (subject to hydrolysis) is 1. The van der Waals surface area contributed by atoms with E-state index >= 15 is 0 Å². The third-order valence-corrected chi connectivity index (χ3v) is 7.96. The summed E-state index contributed by atoms with van der Waals surface area (Å²) in [5.41, 5.74) is 5.84. The van der Waals surface area contributed by atoms with Crippen molar-refractivity contribution in [2.24, 2.45) is 0 Å². The van der Waals surface area contributed by atoms with Crippen molar-refractivity contribution in [2.45, 2.75) is 84.5 Å². The predicted molar refractivity (Wildman–Crippen MR) is 176 cm³/mol. The van der Waals surface area contributed by atoms with Gasteiger partial charge in [-0.05, 0) is 84.9 Å². The van der Waals surface area contributed by atoms with E-state index in [2.05, 4.69) is 46.8 Å².